The summed E-state index contributed by atoms with van der Waals surface area (Å²) in [7, 11) is 1.66. The highest BCUT2D eigenvalue weighted by atomic mass is 32.1. The minimum absolute atomic E-state index is 0.175. The highest BCUT2D eigenvalue weighted by molar-refractivity contribution is 7.17. The van der Waals surface area contributed by atoms with Crippen molar-refractivity contribution in [1.29, 1.82) is 0 Å². The van der Waals surface area contributed by atoms with E-state index in [0.29, 0.717) is 13.2 Å². The summed E-state index contributed by atoms with van der Waals surface area (Å²) in [5.74, 6) is -1.51. The second kappa shape index (κ2) is 10.5. The lowest BCUT2D eigenvalue weighted by molar-refractivity contribution is 0.102. The maximum Gasteiger partial charge on any atom is 0.284 e. The molecule has 0 spiro atoms. The van der Waals surface area contributed by atoms with Crippen molar-refractivity contribution in [3.63, 3.8) is 0 Å². The topological polar surface area (TPSA) is 76.1 Å². The molecule has 0 radical (unpaired) electrons. The second-order valence-electron chi connectivity index (χ2n) is 8.42. The molecule has 0 atom stereocenters. The smallest absolute Gasteiger partial charge is 0.284 e. The summed E-state index contributed by atoms with van der Waals surface area (Å²) in [4.78, 5) is 22.8. The molecule has 0 bridgehead atoms. The summed E-state index contributed by atoms with van der Waals surface area (Å²) in [6, 6.07) is 13.7. The van der Waals surface area contributed by atoms with Crippen molar-refractivity contribution in [2.45, 2.75) is 19.3 Å². The lowest BCUT2D eigenvalue weighted by Gasteiger charge is -2.10. The zero-order chi connectivity index (χ0) is 25.1. The van der Waals surface area contributed by atoms with Crippen LogP contribution >= 0.6 is 11.3 Å². The van der Waals surface area contributed by atoms with E-state index in [2.05, 4.69) is 38.8 Å². The number of carbonyl (C=O) groups is 1. The van der Waals surface area contributed by atoms with Gasteiger partial charge in [-0.2, -0.15) is 0 Å². The van der Waals surface area contributed by atoms with E-state index in [1.54, 1.807) is 7.11 Å². The Bertz CT molecular complexity index is 1390. The van der Waals surface area contributed by atoms with Gasteiger partial charge < -0.3 is 15.4 Å². The van der Waals surface area contributed by atoms with Crippen molar-refractivity contribution in [2.75, 3.05) is 30.9 Å². The van der Waals surface area contributed by atoms with Crippen LogP contribution in [0.2, 0.25) is 0 Å². The Morgan fingerprint density at radius 3 is 2.64 bits per heavy atom. The van der Waals surface area contributed by atoms with E-state index in [1.165, 1.54) is 23.0 Å². The van der Waals surface area contributed by atoms with Gasteiger partial charge >= 0.3 is 0 Å². The number of hydrogen-bond donors (Lipinski definition) is 2. The van der Waals surface area contributed by atoms with Crippen molar-refractivity contribution < 1.29 is 18.3 Å². The summed E-state index contributed by atoms with van der Waals surface area (Å²) in [6.07, 6.45) is 4.35. The number of anilines is 2. The lowest BCUT2D eigenvalue weighted by Crippen LogP contribution is -2.14. The molecule has 4 aromatic rings. The number of methoxy groups -OCH3 is 1. The molecular formula is C27H24F2N4O2S. The number of aromatic nitrogens is 2. The highest BCUT2D eigenvalue weighted by Crippen LogP contribution is 2.39. The number of aryl methyl sites for hydroxylation is 2. The first-order valence-electron chi connectivity index (χ1n) is 11.6. The highest BCUT2D eigenvalue weighted by Gasteiger charge is 2.24. The van der Waals surface area contributed by atoms with Crippen LogP contribution in [-0.2, 0) is 17.6 Å². The zero-order valence-corrected chi connectivity index (χ0v) is 20.4. The number of amides is 1. The lowest BCUT2D eigenvalue weighted by atomic mass is 9.98. The van der Waals surface area contributed by atoms with Crippen LogP contribution in [0.4, 0.5) is 20.3 Å². The predicted molar refractivity (Wildman–Crippen MR) is 137 cm³/mol. The molecule has 1 aliphatic carbocycles. The van der Waals surface area contributed by atoms with Crippen LogP contribution in [0.3, 0.4) is 0 Å². The third-order valence-corrected chi connectivity index (χ3v) is 7.15. The van der Waals surface area contributed by atoms with Gasteiger partial charge in [-0.3, -0.25) is 4.79 Å². The molecule has 184 valence electrons. The van der Waals surface area contributed by atoms with Gasteiger partial charge in [-0.15, -0.1) is 11.3 Å². The summed E-state index contributed by atoms with van der Waals surface area (Å²) in [5.41, 5.74) is 4.54. The Morgan fingerprint density at radius 1 is 1.08 bits per heavy atom. The molecule has 0 saturated heterocycles. The maximum atomic E-state index is 14.0. The van der Waals surface area contributed by atoms with E-state index in [0.717, 1.165) is 64.5 Å². The number of halogens is 2. The number of hydrogen-bond acceptors (Lipinski definition) is 6. The number of para-hydroxylation sites is 1. The molecule has 1 aliphatic rings. The first-order valence-corrected chi connectivity index (χ1v) is 12.4. The van der Waals surface area contributed by atoms with Crippen molar-refractivity contribution in [3.8, 4) is 21.6 Å². The van der Waals surface area contributed by atoms with E-state index in [-0.39, 0.29) is 5.01 Å². The maximum absolute atomic E-state index is 14.0. The SMILES string of the molecule is COCCNc1ccc(-c2ccc3c(c2)-c2sc(C(=O)Nc4c(F)cccc4F)nc2CCC3)cn1. The number of benzene rings is 2. The summed E-state index contributed by atoms with van der Waals surface area (Å²) in [5, 5.41) is 5.72. The average Bonchev–Trinajstić information content (AvgIpc) is 3.24. The largest absolute Gasteiger partial charge is 0.383 e. The molecule has 36 heavy (non-hydrogen) atoms. The van der Waals surface area contributed by atoms with Crippen molar-refractivity contribution >= 4 is 28.7 Å². The number of thiazole rings is 1. The van der Waals surface area contributed by atoms with E-state index in [1.807, 2.05) is 18.3 Å². The first-order chi connectivity index (χ1) is 17.5. The zero-order valence-electron chi connectivity index (χ0n) is 19.6. The van der Waals surface area contributed by atoms with Crippen molar-refractivity contribution in [1.82, 2.24) is 9.97 Å². The average molecular weight is 507 g/mol. The summed E-state index contributed by atoms with van der Waals surface area (Å²) in [6.45, 7) is 1.27. The van der Waals surface area contributed by atoms with Crippen LogP contribution in [0.15, 0.2) is 54.7 Å². The molecule has 1 amide bonds. The van der Waals surface area contributed by atoms with Crippen molar-refractivity contribution in [2.24, 2.45) is 0 Å². The fourth-order valence-electron chi connectivity index (χ4n) is 4.20. The van der Waals surface area contributed by atoms with Crippen LogP contribution in [0.5, 0.6) is 0 Å². The molecule has 2 aromatic heterocycles. The van der Waals surface area contributed by atoms with Crippen LogP contribution in [0, 0.1) is 11.6 Å². The number of rotatable bonds is 7. The fourth-order valence-corrected chi connectivity index (χ4v) is 5.25. The fraction of sp³-hybridized carbons (Fsp3) is 0.222. The summed E-state index contributed by atoms with van der Waals surface area (Å²) >= 11 is 1.24. The van der Waals surface area contributed by atoms with Gasteiger partial charge in [0, 0.05) is 25.4 Å². The Hall–Kier alpha value is -3.69. The standard InChI is InChI=1S/C27H24F2N4O2S/c1-35-13-12-30-23-11-10-18(15-31-23)17-9-8-16-4-2-7-22-25(19(16)14-17)36-27(32-22)26(34)33-24-20(28)5-3-6-21(24)29/h3,5-6,8-11,14-15H,2,4,7,12-13H2,1H3,(H,30,31)(H,33,34). The normalized spacial score (nSPS) is 12.4. The third-order valence-electron chi connectivity index (χ3n) is 6.02. The molecule has 0 unspecified atom stereocenters. The molecular weight excluding hydrogens is 482 g/mol. The van der Waals surface area contributed by atoms with Gasteiger partial charge in [-0.1, -0.05) is 18.2 Å². The molecule has 0 aliphatic heterocycles. The number of pyridine rings is 1. The number of nitrogens with one attached hydrogen (secondary N) is 2. The molecule has 5 rings (SSSR count). The van der Waals surface area contributed by atoms with Crippen molar-refractivity contribution in [3.05, 3.63) is 82.6 Å². The van der Waals surface area contributed by atoms with Crippen LogP contribution < -0.4 is 10.6 Å². The minimum Gasteiger partial charge on any atom is -0.383 e. The molecule has 2 N–H and O–H groups in total. The van der Waals surface area contributed by atoms with E-state index in [4.69, 9.17) is 4.74 Å². The monoisotopic (exact) mass is 506 g/mol. The van der Waals surface area contributed by atoms with E-state index in [9.17, 15) is 13.6 Å². The number of carbonyl (C=O) groups excluding carboxylic acids is 1. The van der Waals surface area contributed by atoms with Crippen LogP contribution in [0.1, 0.15) is 27.5 Å². The van der Waals surface area contributed by atoms with Gasteiger partial charge in [0.2, 0.25) is 0 Å². The van der Waals surface area contributed by atoms with E-state index < -0.39 is 23.2 Å². The molecule has 0 fully saturated rings. The second-order valence-corrected chi connectivity index (χ2v) is 9.42. The molecule has 0 saturated carbocycles. The van der Waals surface area contributed by atoms with Gasteiger partial charge in [-0.25, -0.2) is 18.7 Å². The summed E-state index contributed by atoms with van der Waals surface area (Å²) < 4.78 is 33.1. The Labute approximate surface area is 211 Å². The van der Waals surface area contributed by atoms with Crippen LogP contribution in [-0.4, -0.2) is 36.1 Å². The van der Waals surface area contributed by atoms with Gasteiger partial charge in [0.05, 0.1) is 17.2 Å². The molecule has 9 heteroatoms. The first kappa shape index (κ1) is 24.0. The molecule has 2 aromatic carbocycles. The Morgan fingerprint density at radius 2 is 1.89 bits per heavy atom. The van der Waals surface area contributed by atoms with Gasteiger partial charge in [0.15, 0.2) is 5.01 Å². The minimum atomic E-state index is -0.829. The molecule has 2 heterocycles. The van der Waals surface area contributed by atoms with Gasteiger partial charge in [0.1, 0.15) is 23.1 Å². The predicted octanol–water partition coefficient (Wildman–Crippen LogP) is 5.95. The number of ether oxygens (including phenoxy) is 1. The third kappa shape index (κ3) is 4.98. The van der Waals surface area contributed by atoms with E-state index >= 15 is 0 Å². The Kier molecular flexibility index (Phi) is 7.02. The number of fused-ring (bicyclic) bond motifs is 3. The quantitative estimate of drug-likeness (QED) is 0.303. The van der Waals surface area contributed by atoms with Gasteiger partial charge in [-0.05, 0) is 66.3 Å². The van der Waals surface area contributed by atoms with Crippen LogP contribution in [0.25, 0.3) is 21.6 Å². The molecule has 6 nitrogen and oxygen atoms in total. The number of nitrogens with zero attached hydrogens (tertiary/aromatic N) is 2. The van der Waals surface area contributed by atoms with Gasteiger partial charge in [0.25, 0.3) is 5.91 Å². The Balaban J connectivity index is 1.43.